The van der Waals surface area contributed by atoms with E-state index in [1.165, 1.54) is 7.11 Å². The molecule has 3 rings (SSSR count). The van der Waals surface area contributed by atoms with Crippen molar-refractivity contribution < 1.29 is 9.53 Å². The lowest BCUT2D eigenvalue weighted by atomic mass is 10.1. The number of carbonyl (C=O) groups is 1. The molecular weight excluding hydrogens is 304 g/mol. The molecule has 1 N–H and O–H groups in total. The molecule has 0 bridgehead atoms. The van der Waals surface area contributed by atoms with Gasteiger partial charge in [-0.05, 0) is 45.2 Å². The highest BCUT2D eigenvalue weighted by atomic mass is 16.5. The molecule has 24 heavy (non-hydrogen) atoms. The predicted molar refractivity (Wildman–Crippen MR) is 91.5 cm³/mol. The van der Waals surface area contributed by atoms with Gasteiger partial charge in [0.2, 0.25) is 0 Å². The van der Waals surface area contributed by atoms with E-state index in [1.54, 1.807) is 12.4 Å². The number of hydrogen-bond acceptors (Lipinski definition) is 6. The van der Waals surface area contributed by atoms with Crippen LogP contribution < -0.4 is 5.32 Å². The smallest absolute Gasteiger partial charge is 0.308 e. The Morgan fingerprint density at radius 2 is 1.96 bits per heavy atom. The Kier molecular flexibility index (Phi) is 4.74. The first-order valence-electron chi connectivity index (χ1n) is 8.18. The number of carbonyl (C=O) groups excluding carboxylic acids is 1. The normalized spacial score (nSPS) is 20.0. The van der Waals surface area contributed by atoms with E-state index in [0.717, 1.165) is 41.9 Å². The SMILES string of the molecule is COC(=O)[C@H]1CC[C@@H](Nc2nc(-c3ccncc3)nc(C)c2C)C1. The summed E-state index contributed by atoms with van der Waals surface area (Å²) in [5, 5.41) is 3.49. The molecule has 2 aromatic heterocycles. The number of aromatic nitrogens is 3. The third-order valence-corrected chi connectivity index (χ3v) is 4.64. The number of aryl methyl sites for hydroxylation is 1. The van der Waals surface area contributed by atoms with Crippen molar-refractivity contribution in [3.8, 4) is 11.4 Å². The Balaban J connectivity index is 1.81. The van der Waals surface area contributed by atoms with Crippen molar-refractivity contribution in [3.63, 3.8) is 0 Å². The lowest BCUT2D eigenvalue weighted by Crippen LogP contribution is -2.20. The summed E-state index contributed by atoms with van der Waals surface area (Å²) in [4.78, 5) is 25.0. The first-order valence-corrected chi connectivity index (χ1v) is 8.18. The lowest BCUT2D eigenvalue weighted by Gasteiger charge is -2.17. The Morgan fingerprint density at radius 1 is 1.21 bits per heavy atom. The second kappa shape index (κ2) is 6.95. The average molecular weight is 326 g/mol. The number of pyridine rings is 1. The van der Waals surface area contributed by atoms with Crippen LogP contribution in [0, 0.1) is 19.8 Å². The van der Waals surface area contributed by atoms with Crippen LogP contribution in [0.4, 0.5) is 5.82 Å². The van der Waals surface area contributed by atoms with Gasteiger partial charge in [-0.2, -0.15) is 0 Å². The summed E-state index contributed by atoms with van der Waals surface area (Å²) >= 11 is 0. The fraction of sp³-hybridized carbons (Fsp3) is 0.444. The van der Waals surface area contributed by atoms with Gasteiger partial charge < -0.3 is 10.1 Å². The quantitative estimate of drug-likeness (QED) is 0.871. The molecule has 1 aliphatic rings. The van der Waals surface area contributed by atoms with Crippen molar-refractivity contribution in [2.75, 3.05) is 12.4 Å². The van der Waals surface area contributed by atoms with Crippen LogP contribution in [-0.4, -0.2) is 34.1 Å². The minimum atomic E-state index is -0.118. The number of hydrogen-bond donors (Lipinski definition) is 1. The first kappa shape index (κ1) is 16.4. The third kappa shape index (κ3) is 3.37. The Hall–Kier alpha value is -2.50. The Bertz CT molecular complexity index is 733. The molecule has 0 aromatic carbocycles. The summed E-state index contributed by atoms with van der Waals surface area (Å²) in [6.07, 6.45) is 6.04. The molecule has 2 heterocycles. The van der Waals surface area contributed by atoms with Gasteiger partial charge in [-0.15, -0.1) is 0 Å². The number of rotatable bonds is 4. The van der Waals surface area contributed by atoms with E-state index in [9.17, 15) is 4.79 Å². The molecule has 2 aromatic rings. The Labute approximate surface area is 141 Å². The number of esters is 1. The van der Waals surface area contributed by atoms with Crippen LogP contribution in [-0.2, 0) is 9.53 Å². The number of nitrogens with one attached hydrogen (secondary N) is 1. The van der Waals surface area contributed by atoms with Gasteiger partial charge in [0.15, 0.2) is 5.82 Å². The molecule has 0 saturated heterocycles. The van der Waals surface area contributed by atoms with Crippen LogP contribution in [0.2, 0.25) is 0 Å². The van der Waals surface area contributed by atoms with Crippen molar-refractivity contribution in [1.29, 1.82) is 0 Å². The van der Waals surface area contributed by atoms with Crippen LogP contribution in [0.25, 0.3) is 11.4 Å². The summed E-state index contributed by atoms with van der Waals surface area (Å²) in [6, 6.07) is 4.03. The van der Waals surface area contributed by atoms with E-state index in [0.29, 0.717) is 5.82 Å². The summed E-state index contributed by atoms with van der Waals surface area (Å²) < 4.78 is 4.85. The van der Waals surface area contributed by atoms with Gasteiger partial charge in [0.25, 0.3) is 0 Å². The molecule has 0 amide bonds. The van der Waals surface area contributed by atoms with Crippen LogP contribution in [0.15, 0.2) is 24.5 Å². The lowest BCUT2D eigenvalue weighted by molar-refractivity contribution is -0.145. The number of methoxy groups -OCH3 is 1. The fourth-order valence-electron chi connectivity index (χ4n) is 3.09. The summed E-state index contributed by atoms with van der Waals surface area (Å²) in [6.45, 7) is 4.00. The second-order valence-corrected chi connectivity index (χ2v) is 6.22. The maximum atomic E-state index is 11.7. The molecule has 0 spiro atoms. The molecule has 6 heteroatoms. The Morgan fingerprint density at radius 3 is 2.67 bits per heavy atom. The summed E-state index contributed by atoms with van der Waals surface area (Å²) in [5.74, 6) is 1.39. The van der Waals surface area contributed by atoms with Crippen LogP contribution in [0.3, 0.4) is 0 Å². The minimum absolute atomic E-state index is 0.0181. The van der Waals surface area contributed by atoms with E-state index < -0.39 is 0 Å². The zero-order valence-corrected chi connectivity index (χ0v) is 14.2. The molecular formula is C18H22N4O2. The molecule has 1 fully saturated rings. The van der Waals surface area contributed by atoms with Crippen molar-refractivity contribution in [1.82, 2.24) is 15.0 Å². The van der Waals surface area contributed by atoms with Gasteiger partial charge in [-0.3, -0.25) is 9.78 Å². The van der Waals surface area contributed by atoms with Crippen LogP contribution in [0.1, 0.15) is 30.5 Å². The zero-order valence-electron chi connectivity index (χ0n) is 14.2. The van der Waals surface area contributed by atoms with Gasteiger partial charge in [0, 0.05) is 35.3 Å². The molecule has 0 unspecified atom stereocenters. The van der Waals surface area contributed by atoms with Gasteiger partial charge in [0.1, 0.15) is 5.82 Å². The molecule has 126 valence electrons. The minimum Gasteiger partial charge on any atom is -0.469 e. The first-order chi connectivity index (χ1) is 11.6. The standard InChI is InChI=1S/C18H22N4O2/c1-11-12(2)20-17(13-6-8-19-9-7-13)22-16(11)21-15-5-4-14(10-15)18(23)24-3/h6-9,14-15H,4-5,10H2,1-3H3,(H,20,21,22)/t14-,15+/m0/s1. The predicted octanol–water partition coefficient (Wildman–Crippen LogP) is 2.91. The summed E-state index contributed by atoms with van der Waals surface area (Å²) in [5.41, 5.74) is 2.92. The van der Waals surface area contributed by atoms with E-state index >= 15 is 0 Å². The monoisotopic (exact) mass is 326 g/mol. The number of nitrogens with zero attached hydrogens (tertiary/aromatic N) is 3. The average Bonchev–Trinajstić information content (AvgIpc) is 3.07. The van der Waals surface area contributed by atoms with E-state index in [-0.39, 0.29) is 17.9 Å². The summed E-state index contributed by atoms with van der Waals surface area (Å²) in [7, 11) is 1.45. The highest BCUT2D eigenvalue weighted by Gasteiger charge is 2.31. The van der Waals surface area contributed by atoms with Gasteiger partial charge in [0.05, 0.1) is 13.0 Å². The van der Waals surface area contributed by atoms with Crippen LogP contribution in [0.5, 0.6) is 0 Å². The molecule has 1 aliphatic carbocycles. The molecule has 0 aliphatic heterocycles. The van der Waals surface area contributed by atoms with Crippen molar-refractivity contribution in [2.45, 2.75) is 39.2 Å². The van der Waals surface area contributed by atoms with E-state index in [2.05, 4.69) is 15.3 Å². The van der Waals surface area contributed by atoms with Crippen molar-refractivity contribution >= 4 is 11.8 Å². The second-order valence-electron chi connectivity index (χ2n) is 6.22. The third-order valence-electron chi connectivity index (χ3n) is 4.64. The maximum Gasteiger partial charge on any atom is 0.308 e. The fourth-order valence-corrected chi connectivity index (χ4v) is 3.09. The number of anilines is 1. The van der Waals surface area contributed by atoms with Gasteiger partial charge in [-0.25, -0.2) is 9.97 Å². The van der Waals surface area contributed by atoms with E-state index in [4.69, 9.17) is 9.72 Å². The topological polar surface area (TPSA) is 77.0 Å². The molecule has 2 atom stereocenters. The highest BCUT2D eigenvalue weighted by molar-refractivity contribution is 5.72. The van der Waals surface area contributed by atoms with Crippen molar-refractivity contribution in [2.24, 2.45) is 5.92 Å². The zero-order chi connectivity index (χ0) is 17.1. The molecule has 1 saturated carbocycles. The van der Waals surface area contributed by atoms with E-state index in [1.807, 2.05) is 26.0 Å². The molecule has 0 radical (unpaired) electrons. The number of ether oxygens (including phenoxy) is 1. The van der Waals surface area contributed by atoms with Gasteiger partial charge >= 0.3 is 5.97 Å². The van der Waals surface area contributed by atoms with Gasteiger partial charge in [-0.1, -0.05) is 0 Å². The highest BCUT2D eigenvalue weighted by Crippen LogP contribution is 2.30. The van der Waals surface area contributed by atoms with Crippen molar-refractivity contribution in [3.05, 3.63) is 35.8 Å². The largest absolute Gasteiger partial charge is 0.469 e. The molecule has 6 nitrogen and oxygen atoms in total. The maximum absolute atomic E-state index is 11.7. The van der Waals surface area contributed by atoms with Crippen LogP contribution >= 0.6 is 0 Å².